The first kappa shape index (κ1) is 17.6. The molecule has 1 rings (SSSR count). The van der Waals surface area contributed by atoms with Crippen LogP contribution < -0.4 is 0 Å². The molecule has 5 heteroatoms. The Hall–Kier alpha value is -0.420. The SMILES string of the molecule is CC(C)(C)OC(=O)N1CCN(C(C)(C)C(C)(C)S)CC1. The summed E-state index contributed by atoms with van der Waals surface area (Å²) in [5, 5.41) is 0. The zero-order valence-corrected chi connectivity index (χ0v) is 14.9. The van der Waals surface area contributed by atoms with E-state index in [0.29, 0.717) is 13.1 Å². The Kier molecular flexibility index (Phi) is 5.08. The van der Waals surface area contributed by atoms with Crippen LogP contribution in [0.2, 0.25) is 0 Å². The summed E-state index contributed by atoms with van der Waals surface area (Å²) in [5.41, 5.74) is -0.448. The van der Waals surface area contributed by atoms with Crippen LogP contribution in [0.25, 0.3) is 0 Å². The summed E-state index contributed by atoms with van der Waals surface area (Å²) in [6.45, 7) is 17.5. The van der Waals surface area contributed by atoms with Crippen molar-refractivity contribution in [2.24, 2.45) is 0 Å². The van der Waals surface area contributed by atoms with Crippen LogP contribution in [-0.4, -0.2) is 58.0 Å². The third-order valence-electron chi connectivity index (χ3n) is 4.22. The Morgan fingerprint density at radius 2 is 1.40 bits per heavy atom. The second-order valence-corrected chi connectivity index (χ2v) is 8.69. The Morgan fingerprint density at radius 1 is 0.950 bits per heavy atom. The number of rotatable bonds is 2. The van der Waals surface area contributed by atoms with Crippen LogP contribution >= 0.6 is 12.6 Å². The quantitative estimate of drug-likeness (QED) is 0.796. The zero-order chi connectivity index (χ0) is 15.8. The minimum atomic E-state index is -0.430. The number of hydrogen-bond donors (Lipinski definition) is 1. The molecular formula is C15H30N2O2S. The molecule has 0 spiro atoms. The van der Waals surface area contributed by atoms with Crippen LogP contribution in [-0.2, 0) is 4.74 Å². The van der Waals surface area contributed by atoms with Gasteiger partial charge in [-0.05, 0) is 48.5 Å². The average molecular weight is 302 g/mol. The van der Waals surface area contributed by atoms with Gasteiger partial charge in [-0.2, -0.15) is 12.6 Å². The van der Waals surface area contributed by atoms with Gasteiger partial charge in [0.2, 0.25) is 0 Å². The van der Waals surface area contributed by atoms with E-state index in [1.807, 2.05) is 20.8 Å². The fourth-order valence-electron chi connectivity index (χ4n) is 2.16. The lowest BCUT2D eigenvalue weighted by Gasteiger charge is -2.50. The number of carbonyl (C=O) groups excluding carboxylic acids is 1. The third-order valence-corrected chi connectivity index (χ3v) is 4.77. The molecule has 20 heavy (non-hydrogen) atoms. The molecule has 0 aromatic rings. The fraction of sp³-hybridized carbons (Fsp3) is 0.933. The van der Waals surface area contributed by atoms with Gasteiger partial charge in [0.25, 0.3) is 0 Å². The van der Waals surface area contributed by atoms with E-state index in [1.54, 1.807) is 4.90 Å². The van der Waals surface area contributed by atoms with Gasteiger partial charge in [-0.1, -0.05) is 0 Å². The van der Waals surface area contributed by atoms with Gasteiger partial charge in [-0.25, -0.2) is 4.79 Å². The summed E-state index contributed by atoms with van der Waals surface area (Å²) in [4.78, 5) is 16.2. The van der Waals surface area contributed by atoms with Gasteiger partial charge in [-0.15, -0.1) is 0 Å². The van der Waals surface area contributed by atoms with Crippen LogP contribution in [0.4, 0.5) is 4.79 Å². The first-order valence-electron chi connectivity index (χ1n) is 7.30. The summed E-state index contributed by atoms with van der Waals surface area (Å²) in [6.07, 6.45) is -0.208. The molecule has 0 radical (unpaired) electrons. The number of thiol groups is 1. The normalized spacial score (nSPS) is 19.1. The van der Waals surface area contributed by atoms with Gasteiger partial charge in [0, 0.05) is 36.5 Å². The number of hydrogen-bond acceptors (Lipinski definition) is 4. The summed E-state index contributed by atoms with van der Waals surface area (Å²) in [7, 11) is 0. The van der Waals surface area contributed by atoms with Gasteiger partial charge in [0.05, 0.1) is 0 Å². The molecule has 0 bridgehead atoms. The molecule has 1 aliphatic rings. The molecule has 0 atom stereocenters. The van der Waals surface area contributed by atoms with E-state index in [1.165, 1.54) is 0 Å². The van der Waals surface area contributed by atoms with Crippen LogP contribution in [0.1, 0.15) is 48.5 Å². The summed E-state index contributed by atoms with van der Waals surface area (Å²) >= 11 is 4.72. The number of ether oxygens (including phenoxy) is 1. The minimum Gasteiger partial charge on any atom is -0.444 e. The molecule has 1 fully saturated rings. The van der Waals surface area contributed by atoms with E-state index in [2.05, 4.69) is 32.6 Å². The van der Waals surface area contributed by atoms with Crippen LogP contribution in [0.3, 0.4) is 0 Å². The number of amides is 1. The monoisotopic (exact) mass is 302 g/mol. The van der Waals surface area contributed by atoms with E-state index in [-0.39, 0.29) is 16.4 Å². The van der Waals surface area contributed by atoms with E-state index >= 15 is 0 Å². The topological polar surface area (TPSA) is 32.8 Å². The standard InChI is InChI=1S/C15H30N2O2S/c1-13(2,3)19-12(18)16-8-10-17(11-9-16)14(4,5)15(6,7)20/h20H,8-11H2,1-7H3. The van der Waals surface area contributed by atoms with Crippen molar-refractivity contribution in [2.75, 3.05) is 26.2 Å². The summed E-state index contributed by atoms with van der Waals surface area (Å²) < 4.78 is 5.32. The molecule has 0 saturated carbocycles. The molecular weight excluding hydrogens is 272 g/mol. The van der Waals surface area contributed by atoms with Gasteiger partial charge in [0.15, 0.2) is 0 Å². The first-order chi connectivity index (χ1) is 8.84. The van der Waals surface area contributed by atoms with Crippen molar-refractivity contribution >= 4 is 18.7 Å². The number of piperazine rings is 1. The van der Waals surface area contributed by atoms with Crippen LogP contribution in [0.5, 0.6) is 0 Å². The molecule has 0 aromatic carbocycles. The lowest BCUT2D eigenvalue weighted by atomic mass is 9.87. The molecule has 0 aromatic heterocycles. The van der Waals surface area contributed by atoms with E-state index < -0.39 is 5.60 Å². The van der Waals surface area contributed by atoms with Crippen LogP contribution in [0.15, 0.2) is 0 Å². The highest BCUT2D eigenvalue weighted by atomic mass is 32.1. The van der Waals surface area contributed by atoms with Crippen molar-refractivity contribution < 1.29 is 9.53 Å². The maximum absolute atomic E-state index is 12.0. The van der Waals surface area contributed by atoms with Crippen molar-refractivity contribution in [1.82, 2.24) is 9.80 Å². The lowest BCUT2D eigenvalue weighted by molar-refractivity contribution is -0.00241. The molecule has 1 aliphatic heterocycles. The Bertz CT molecular complexity index is 348. The smallest absolute Gasteiger partial charge is 0.410 e. The predicted octanol–water partition coefficient (Wildman–Crippen LogP) is 3.03. The molecule has 4 nitrogen and oxygen atoms in total. The predicted molar refractivity (Wildman–Crippen MR) is 86.5 cm³/mol. The molecule has 0 N–H and O–H groups in total. The molecule has 0 unspecified atom stereocenters. The van der Waals surface area contributed by atoms with Crippen LogP contribution in [0, 0.1) is 0 Å². The molecule has 1 amide bonds. The summed E-state index contributed by atoms with van der Waals surface area (Å²) in [6, 6.07) is 0. The maximum atomic E-state index is 12.0. The lowest BCUT2D eigenvalue weighted by Crippen LogP contribution is -2.61. The highest BCUT2D eigenvalue weighted by molar-refractivity contribution is 7.81. The second kappa shape index (κ2) is 5.76. The first-order valence-corrected chi connectivity index (χ1v) is 7.75. The molecule has 0 aliphatic carbocycles. The Morgan fingerprint density at radius 3 is 1.75 bits per heavy atom. The van der Waals surface area contributed by atoms with Crippen molar-refractivity contribution in [3.63, 3.8) is 0 Å². The van der Waals surface area contributed by atoms with Gasteiger partial charge in [0.1, 0.15) is 5.60 Å². The van der Waals surface area contributed by atoms with Crippen molar-refractivity contribution in [1.29, 1.82) is 0 Å². The average Bonchev–Trinajstić information content (AvgIpc) is 2.25. The van der Waals surface area contributed by atoms with Gasteiger partial charge >= 0.3 is 6.09 Å². The molecule has 1 heterocycles. The highest BCUT2D eigenvalue weighted by Crippen LogP contribution is 2.33. The highest BCUT2D eigenvalue weighted by Gasteiger charge is 2.41. The Labute approximate surface area is 129 Å². The van der Waals surface area contributed by atoms with Crippen molar-refractivity contribution in [3.8, 4) is 0 Å². The van der Waals surface area contributed by atoms with Crippen molar-refractivity contribution in [2.45, 2.75) is 64.4 Å². The van der Waals surface area contributed by atoms with E-state index in [4.69, 9.17) is 17.4 Å². The van der Waals surface area contributed by atoms with Gasteiger partial charge < -0.3 is 9.64 Å². The van der Waals surface area contributed by atoms with E-state index in [9.17, 15) is 4.79 Å². The number of carbonyl (C=O) groups is 1. The summed E-state index contributed by atoms with van der Waals surface area (Å²) in [5.74, 6) is 0. The molecule has 1 saturated heterocycles. The van der Waals surface area contributed by atoms with Crippen molar-refractivity contribution in [3.05, 3.63) is 0 Å². The minimum absolute atomic E-state index is 0.0177. The Balaban J connectivity index is 2.58. The maximum Gasteiger partial charge on any atom is 0.410 e. The largest absolute Gasteiger partial charge is 0.444 e. The third kappa shape index (κ3) is 4.29. The molecule has 118 valence electrons. The fourth-order valence-corrected chi connectivity index (χ4v) is 2.30. The van der Waals surface area contributed by atoms with Gasteiger partial charge in [-0.3, -0.25) is 4.90 Å². The van der Waals surface area contributed by atoms with E-state index in [0.717, 1.165) is 13.1 Å². The second-order valence-electron chi connectivity index (χ2n) is 7.57. The zero-order valence-electron chi connectivity index (χ0n) is 14.0. The number of nitrogens with zero attached hydrogens (tertiary/aromatic N) is 2.